The van der Waals surface area contributed by atoms with Gasteiger partial charge in [0.25, 0.3) is 0 Å². The van der Waals surface area contributed by atoms with Crippen LogP contribution >= 0.6 is 15.9 Å². The fourth-order valence-corrected chi connectivity index (χ4v) is 1.93. The maximum Gasteiger partial charge on any atom is 0.339 e. The van der Waals surface area contributed by atoms with Crippen LogP contribution in [0.15, 0.2) is 22.7 Å². The van der Waals surface area contributed by atoms with Crippen LogP contribution in [0.3, 0.4) is 0 Å². The molecule has 1 aliphatic heterocycles. The van der Waals surface area contributed by atoms with E-state index in [1.807, 2.05) is 12.1 Å². The molecule has 14 heavy (non-hydrogen) atoms. The van der Waals surface area contributed by atoms with Crippen molar-refractivity contribution < 1.29 is 14.6 Å². The molecule has 1 aromatic carbocycles. The molecule has 1 unspecified atom stereocenters. The Bertz CT molecular complexity index is 376. The standard InChI is InChI=1S/C10H9BrO3/c11-6-1-2-7-8(5-6)10(13)14-9(7)3-4-12/h1-2,5,9,12H,3-4H2. The second kappa shape index (κ2) is 3.71. The predicted molar refractivity (Wildman–Crippen MR) is 54.0 cm³/mol. The Morgan fingerprint density at radius 3 is 3.00 bits per heavy atom. The summed E-state index contributed by atoms with van der Waals surface area (Å²) in [6.45, 7) is 0.0213. The molecule has 74 valence electrons. The van der Waals surface area contributed by atoms with Gasteiger partial charge in [-0.25, -0.2) is 4.79 Å². The minimum Gasteiger partial charge on any atom is -0.454 e. The highest BCUT2D eigenvalue weighted by molar-refractivity contribution is 9.10. The maximum atomic E-state index is 11.4. The molecule has 0 aromatic heterocycles. The number of esters is 1. The normalized spacial score (nSPS) is 19.3. The molecule has 0 amide bonds. The van der Waals surface area contributed by atoms with Crippen LogP contribution in [0.4, 0.5) is 0 Å². The van der Waals surface area contributed by atoms with Gasteiger partial charge in [-0.1, -0.05) is 22.0 Å². The summed E-state index contributed by atoms with van der Waals surface area (Å²) in [5.74, 6) is -0.306. The van der Waals surface area contributed by atoms with E-state index < -0.39 is 0 Å². The Balaban J connectivity index is 2.39. The first kappa shape index (κ1) is 9.68. The van der Waals surface area contributed by atoms with E-state index in [2.05, 4.69) is 15.9 Å². The molecule has 1 aromatic rings. The van der Waals surface area contributed by atoms with Crippen LogP contribution in [0.25, 0.3) is 0 Å². The van der Waals surface area contributed by atoms with Gasteiger partial charge in [-0.15, -0.1) is 0 Å². The lowest BCUT2D eigenvalue weighted by Crippen LogP contribution is -2.00. The fourth-order valence-electron chi connectivity index (χ4n) is 1.57. The molecule has 0 radical (unpaired) electrons. The number of aliphatic hydroxyl groups excluding tert-OH is 1. The van der Waals surface area contributed by atoms with Crippen molar-refractivity contribution in [2.45, 2.75) is 12.5 Å². The summed E-state index contributed by atoms with van der Waals surface area (Å²) in [5, 5.41) is 8.79. The summed E-state index contributed by atoms with van der Waals surface area (Å²) in [7, 11) is 0. The highest BCUT2D eigenvalue weighted by Crippen LogP contribution is 2.34. The van der Waals surface area contributed by atoms with Gasteiger partial charge < -0.3 is 9.84 Å². The van der Waals surface area contributed by atoms with Gasteiger partial charge in [-0.2, -0.15) is 0 Å². The minimum atomic E-state index is -0.306. The highest BCUT2D eigenvalue weighted by atomic mass is 79.9. The second-order valence-corrected chi connectivity index (χ2v) is 4.05. The Labute approximate surface area is 89.8 Å². The summed E-state index contributed by atoms with van der Waals surface area (Å²) in [6.07, 6.45) is 0.177. The molecule has 1 atom stereocenters. The fraction of sp³-hybridized carbons (Fsp3) is 0.300. The number of hydrogen-bond acceptors (Lipinski definition) is 3. The number of cyclic esters (lactones) is 1. The summed E-state index contributed by atoms with van der Waals surface area (Å²) in [5.41, 5.74) is 1.46. The second-order valence-electron chi connectivity index (χ2n) is 3.14. The molecule has 0 aliphatic carbocycles. The lowest BCUT2D eigenvalue weighted by Gasteiger charge is -2.07. The Morgan fingerprint density at radius 1 is 1.50 bits per heavy atom. The summed E-state index contributed by atoms with van der Waals surface area (Å²) in [4.78, 5) is 11.4. The molecule has 1 aliphatic rings. The third kappa shape index (κ3) is 1.55. The molecule has 0 bridgehead atoms. The van der Waals surface area contributed by atoms with E-state index in [1.54, 1.807) is 6.07 Å². The number of aliphatic hydroxyl groups is 1. The average Bonchev–Trinajstić information content (AvgIpc) is 2.44. The first-order valence-corrected chi connectivity index (χ1v) is 5.13. The number of carbonyl (C=O) groups is 1. The summed E-state index contributed by atoms with van der Waals surface area (Å²) < 4.78 is 5.97. The molecule has 0 saturated heterocycles. The molecule has 2 rings (SSSR count). The van der Waals surface area contributed by atoms with E-state index in [-0.39, 0.29) is 18.7 Å². The van der Waals surface area contributed by atoms with Crippen molar-refractivity contribution in [1.82, 2.24) is 0 Å². The van der Waals surface area contributed by atoms with Gasteiger partial charge in [0, 0.05) is 23.1 Å². The molecule has 0 spiro atoms. The van der Waals surface area contributed by atoms with Crippen molar-refractivity contribution in [3.63, 3.8) is 0 Å². The first-order valence-electron chi connectivity index (χ1n) is 4.33. The lowest BCUT2D eigenvalue weighted by atomic mass is 10.0. The van der Waals surface area contributed by atoms with Gasteiger partial charge >= 0.3 is 5.97 Å². The van der Waals surface area contributed by atoms with E-state index in [0.717, 1.165) is 10.0 Å². The monoisotopic (exact) mass is 256 g/mol. The van der Waals surface area contributed by atoms with Gasteiger partial charge in [-0.05, 0) is 12.1 Å². The van der Waals surface area contributed by atoms with Gasteiger partial charge in [0.1, 0.15) is 6.10 Å². The zero-order chi connectivity index (χ0) is 10.1. The Morgan fingerprint density at radius 2 is 2.29 bits per heavy atom. The van der Waals surface area contributed by atoms with Gasteiger partial charge in [0.15, 0.2) is 0 Å². The molecule has 1 N–H and O–H groups in total. The van der Waals surface area contributed by atoms with Crippen molar-refractivity contribution >= 4 is 21.9 Å². The van der Waals surface area contributed by atoms with E-state index >= 15 is 0 Å². The van der Waals surface area contributed by atoms with Crippen molar-refractivity contribution in [1.29, 1.82) is 0 Å². The van der Waals surface area contributed by atoms with Crippen LogP contribution in [0.1, 0.15) is 28.4 Å². The largest absolute Gasteiger partial charge is 0.454 e. The number of benzene rings is 1. The number of hydrogen-bond donors (Lipinski definition) is 1. The maximum absolute atomic E-state index is 11.4. The number of carbonyl (C=O) groups excluding carboxylic acids is 1. The SMILES string of the molecule is O=C1OC(CCO)c2ccc(Br)cc21. The molecule has 0 saturated carbocycles. The number of ether oxygens (including phenoxy) is 1. The molecule has 4 heteroatoms. The van der Waals surface area contributed by atoms with Gasteiger partial charge in [0.05, 0.1) is 5.56 Å². The van der Waals surface area contributed by atoms with Crippen LogP contribution in [0, 0.1) is 0 Å². The van der Waals surface area contributed by atoms with Crippen LogP contribution < -0.4 is 0 Å². The quantitative estimate of drug-likeness (QED) is 0.824. The third-order valence-corrected chi connectivity index (χ3v) is 2.72. The topological polar surface area (TPSA) is 46.5 Å². The third-order valence-electron chi connectivity index (χ3n) is 2.22. The predicted octanol–water partition coefficient (Wildman–Crippen LogP) is 2.04. The van der Waals surface area contributed by atoms with Crippen LogP contribution in [-0.2, 0) is 4.74 Å². The lowest BCUT2D eigenvalue weighted by molar-refractivity contribution is 0.0332. The first-order chi connectivity index (χ1) is 6.72. The van der Waals surface area contributed by atoms with Gasteiger partial charge in [0.2, 0.25) is 0 Å². The van der Waals surface area contributed by atoms with Crippen LogP contribution in [0.5, 0.6) is 0 Å². The number of rotatable bonds is 2. The molecule has 3 nitrogen and oxygen atoms in total. The smallest absolute Gasteiger partial charge is 0.339 e. The summed E-state index contributed by atoms with van der Waals surface area (Å²) >= 11 is 3.29. The van der Waals surface area contributed by atoms with Crippen molar-refractivity contribution in [2.24, 2.45) is 0 Å². The molecule has 1 heterocycles. The van der Waals surface area contributed by atoms with E-state index in [9.17, 15) is 4.79 Å². The van der Waals surface area contributed by atoms with E-state index in [4.69, 9.17) is 9.84 Å². The Kier molecular flexibility index (Phi) is 2.56. The van der Waals surface area contributed by atoms with Crippen molar-refractivity contribution in [3.05, 3.63) is 33.8 Å². The van der Waals surface area contributed by atoms with Crippen LogP contribution in [-0.4, -0.2) is 17.7 Å². The van der Waals surface area contributed by atoms with Crippen LogP contribution in [0.2, 0.25) is 0 Å². The summed E-state index contributed by atoms with van der Waals surface area (Å²) in [6, 6.07) is 5.46. The Hall–Kier alpha value is -0.870. The van der Waals surface area contributed by atoms with Crippen molar-refractivity contribution in [2.75, 3.05) is 6.61 Å². The number of fused-ring (bicyclic) bond motifs is 1. The van der Waals surface area contributed by atoms with Gasteiger partial charge in [-0.3, -0.25) is 0 Å². The molecule has 0 fully saturated rings. The van der Waals surface area contributed by atoms with Crippen molar-refractivity contribution in [3.8, 4) is 0 Å². The zero-order valence-electron chi connectivity index (χ0n) is 7.37. The van der Waals surface area contributed by atoms with E-state index in [0.29, 0.717) is 12.0 Å². The molecular formula is C10H9BrO3. The number of halogens is 1. The minimum absolute atomic E-state index is 0.0213. The van der Waals surface area contributed by atoms with E-state index in [1.165, 1.54) is 0 Å². The zero-order valence-corrected chi connectivity index (χ0v) is 8.95. The average molecular weight is 257 g/mol. The molecular weight excluding hydrogens is 248 g/mol. The highest BCUT2D eigenvalue weighted by Gasteiger charge is 2.30.